The summed E-state index contributed by atoms with van der Waals surface area (Å²) in [7, 11) is 0. The van der Waals surface area contributed by atoms with Gasteiger partial charge >= 0.3 is 5.97 Å². The highest BCUT2D eigenvalue weighted by Crippen LogP contribution is 2.23. The van der Waals surface area contributed by atoms with Gasteiger partial charge in [-0.15, -0.1) is 0 Å². The largest absolute Gasteiger partial charge is 0.508 e. The van der Waals surface area contributed by atoms with Crippen LogP contribution in [-0.2, 0) is 0 Å². The van der Waals surface area contributed by atoms with Crippen molar-refractivity contribution in [1.29, 1.82) is 0 Å². The molecule has 0 saturated heterocycles. The van der Waals surface area contributed by atoms with Crippen LogP contribution in [0.2, 0.25) is 0 Å². The van der Waals surface area contributed by atoms with Crippen LogP contribution >= 0.6 is 0 Å². The van der Waals surface area contributed by atoms with Crippen molar-refractivity contribution in [2.24, 2.45) is 0 Å². The summed E-state index contributed by atoms with van der Waals surface area (Å²) in [5.74, 6) is 0.759. The Morgan fingerprint density at radius 3 is 1.76 bits per heavy atom. The number of phenols is 1. The number of unbranched alkanes of at least 4 members (excludes halogenated alkanes) is 9. The molecule has 1 N–H and O–H groups in total. The van der Waals surface area contributed by atoms with E-state index in [2.05, 4.69) is 13.8 Å². The van der Waals surface area contributed by atoms with Gasteiger partial charge in [0.1, 0.15) is 17.2 Å². The monoisotopic (exact) mass is 456 g/mol. The van der Waals surface area contributed by atoms with E-state index >= 15 is 0 Å². The van der Waals surface area contributed by atoms with E-state index in [9.17, 15) is 9.90 Å². The minimum atomic E-state index is -0.495. The zero-order valence-corrected chi connectivity index (χ0v) is 21.2. The number of carbonyl (C=O) groups is 1. The predicted molar refractivity (Wildman–Crippen MR) is 138 cm³/mol. The van der Waals surface area contributed by atoms with Gasteiger partial charge in [0.2, 0.25) is 0 Å². The Labute approximate surface area is 201 Å². The minimum absolute atomic E-state index is 0.0766. The van der Waals surface area contributed by atoms with Crippen LogP contribution < -0.4 is 9.47 Å². The number of phenolic OH excluding ortho intramolecular Hbond substituents is 1. The van der Waals surface area contributed by atoms with Crippen LogP contribution in [0.1, 0.15) is 107 Å². The minimum Gasteiger partial charge on any atom is -0.508 e. The van der Waals surface area contributed by atoms with E-state index in [-0.39, 0.29) is 5.75 Å². The summed E-state index contributed by atoms with van der Waals surface area (Å²) >= 11 is 0. The lowest BCUT2D eigenvalue weighted by Gasteiger charge is -2.09. The standard InChI is InChI=1S/C17H18O4.C12H26/c1-3-11-20-13-7-9-14(10-8-13)21-17(19)15-5-4-6-16(18)12(15)2;1-3-5-7-9-11-12-10-8-6-4-2/h4-10,18H,3,11H2,1-2H3;3-12H2,1-2H3. The molecule has 4 nitrogen and oxygen atoms in total. The molecule has 0 radical (unpaired) electrons. The summed E-state index contributed by atoms with van der Waals surface area (Å²) in [5.41, 5.74) is 0.853. The van der Waals surface area contributed by atoms with E-state index in [4.69, 9.17) is 9.47 Å². The topological polar surface area (TPSA) is 55.8 Å². The average Bonchev–Trinajstić information content (AvgIpc) is 2.82. The van der Waals surface area contributed by atoms with Crippen LogP contribution in [0.15, 0.2) is 42.5 Å². The molecule has 33 heavy (non-hydrogen) atoms. The second kappa shape index (κ2) is 18.0. The number of benzene rings is 2. The van der Waals surface area contributed by atoms with Crippen LogP contribution in [0.25, 0.3) is 0 Å². The number of aromatic hydroxyl groups is 1. The first kappa shape index (κ1) is 28.5. The summed E-state index contributed by atoms with van der Waals surface area (Å²) in [4.78, 5) is 12.1. The second-order valence-electron chi connectivity index (χ2n) is 8.49. The predicted octanol–water partition coefficient (Wildman–Crippen LogP) is 8.64. The number of ether oxygens (including phenoxy) is 2. The van der Waals surface area contributed by atoms with Gasteiger partial charge in [-0.25, -0.2) is 4.79 Å². The molecule has 0 heterocycles. The summed E-state index contributed by atoms with van der Waals surface area (Å²) in [6, 6.07) is 11.6. The third-order valence-electron chi connectivity index (χ3n) is 5.49. The summed E-state index contributed by atoms with van der Waals surface area (Å²) in [5, 5.41) is 9.61. The average molecular weight is 457 g/mol. The third kappa shape index (κ3) is 12.4. The Morgan fingerprint density at radius 2 is 1.24 bits per heavy atom. The van der Waals surface area contributed by atoms with Gasteiger partial charge in [-0.3, -0.25) is 0 Å². The van der Waals surface area contributed by atoms with Crippen molar-refractivity contribution in [3.63, 3.8) is 0 Å². The van der Waals surface area contributed by atoms with Crippen molar-refractivity contribution >= 4 is 5.97 Å². The van der Waals surface area contributed by atoms with Crippen LogP contribution in [-0.4, -0.2) is 17.7 Å². The maximum absolute atomic E-state index is 12.1. The number of hydrogen-bond acceptors (Lipinski definition) is 4. The van der Waals surface area contributed by atoms with Crippen molar-refractivity contribution in [1.82, 2.24) is 0 Å². The first-order valence-electron chi connectivity index (χ1n) is 12.8. The molecule has 0 aliphatic rings. The number of esters is 1. The number of carbonyl (C=O) groups excluding carboxylic acids is 1. The lowest BCUT2D eigenvalue weighted by Crippen LogP contribution is -2.10. The van der Waals surface area contributed by atoms with E-state index in [0.717, 1.165) is 12.2 Å². The first-order valence-corrected chi connectivity index (χ1v) is 12.8. The van der Waals surface area contributed by atoms with E-state index in [1.54, 1.807) is 43.3 Å². The molecular weight excluding hydrogens is 412 g/mol. The van der Waals surface area contributed by atoms with Crippen molar-refractivity contribution in [3.8, 4) is 17.2 Å². The summed E-state index contributed by atoms with van der Waals surface area (Å²) in [6.45, 7) is 8.92. The van der Waals surface area contributed by atoms with Crippen molar-refractivity contribution in [3.05, 3.63) is 53.6 Å². The molecule has 0 amide bonds. The van der Waals surface area contributed by atoms with Gasteiger partial charge in [0.15, 0.2) is 0 Å². The molecule has 0 fully saturated rings. The molecule has 0 unspecified atom stereocenters. The molecule has 184 valence electrons. The molecule has 2 rings (SSSR count). The van der Waals surface area contributed by atoms with Crippen LogP contribution in [0.3, 0.4) is 0 Å². The van der Waals surface area contributed by atoms with Crippen LogP contribution in [0, 0.1) is 6.92 Å². The Bertz CT molecular complexity index is 758. The van der Waals surface area contributed by atoms with E-state index < -0.39 is 5.97 Å². The van der Waals surface area contributed by atoms with Gasteiger partial charge < -0.3 is 14.6 Å². The maximum Gasteiger partial charge on any atom is 0.343 e. The van der Waals surface area contributed by atoms with E-state index in [1.807, 2.05) is 6.92 Å². The highest BCUT2D eigenvalue weighted by atomic mass is 16.5. The summed E-state index contributed by atoms with van der Waals surface area (Å²) in [6.07, 6.45) is 15.4. The van der Waals surface area contributed by atoms with Gasteiger partial charge in [-0.2, -0.15) is 0 Å². The first-order chi connectivity index (χ1) is 16.0. The molecule has 2 aromatic rings. The fourth-order valence-electron chi connectivity index (χ4n) is 3.39. The lowest BCUT2D eigenvalue weighted by molar-refractivity contribution is 0.0733. The van der Waals surface area contributed by atoms with Crippen LogP contribution in [0.5, 0.6) is 17.2 Å². The third-order valence-corrected chi connectivity index (χ3v) is 5.49. The van der Waals surface area contributed by atoms with Crippen LogP contribution in [0.4, 0.5) is 0 Å². The Kier molecular flexibility index (Phi) is 15.6. The molecule has 0 aliphatic heterocycles. The van der Waals surface area contributed by atoms with Crippen molar-refractivity contribution < 1.29 is 19.4 Å². The Morgan fingerprint density at radius 1 is 0.727 bits per heavy atom. The molecule has 0 saturated carbocycles. The molecule has 4 heteroatoms. The smallest absolute Gasteiger partial charge is 0.343 e. The van der Waals surface area contributed by atoms with Crippen molar-refractivity contribution in [2.75, 3.05) is 6.61 Å². The maximum atomic E-state index is 12.1. The fourth-order valence-corrected chi connectivity index (χ4v) is 3.39. The number of hydrogen-bond donors (Lipinski definition) is 1. The molecular formula is C29H44O4. The quantitative estimate of drug-likeness (QED) is 0.175. The van der Waals surface area contributed by atoms with Gasteiger partial charge in [0.05, 0.1) is 12.2 Å². The molecule has 0 bridgehead atoms. The molecule has 0 aliphatic carbocycles. The van der Waals surface area contributed by atoms with E-state index in [0.29, 0.717) is 23.5 Å². The zero-order valence-electron chi connectivity index (χ0n) is 21.2. The van der Waals surface area contributed by atoms with Gasteiger partial charge in [0, 0.05) is 5.56 Å². The van der Waals surface area contributed by atoms with Gasteiger partial charge in [-0.1, -0.05) is 91.0 Å². The number of rotatable bonds is 14. The Hall–Kier alpha value is -2.49. The summed E-state index contributed by atoms with van der Waals surface area (Å²) < 4.78 is 10.8. The Balaban J connectivity index is 0.000000389. The fraction of sp³-hybridized carbons (Fsp3) is 0.552. The zero-order chi connectivity index (χ0) is 24.3. The lowest BCUT2D eigenvalue weighted by atomic mass is 10.1. The normalized spacial score (nSPS) is 10.3. The molecule has 0 aromatic heterocycles. The van der Waals surface area contributed by atoms with Gasteiger partial charge in [0.25, 0.3) is 0 Å². The molecule has 0 spiro atoms. The highest BCUT2D eigenvalue weighted by molar-refractivity contribution is 5.93. The molecule has 2 aromatic carbocycles. The highest BCUT2D eigenvalue weighted by Gasteiger charge is 2.13. The second-order valence-corrected chi connectivity index (χ2v) is 8.49. The SMILES string of the molecule is CCCCCCCCCCCC.CCCOc1ccc(OC(=O)c2cccc(O)c2C)cc1. The van der Waals surface area contributed by atoms with Crippen molar-refractivity contribution in [2.45, 2.75) is 98.3 Å². The van der Waals surface area contributed by atoms with E-state index in [1.165, 1.54) is 70.3 Å². The van der Waals surface area contributed by atoms with Gasteiger partial charge in [-0.05, 0) is 49.7 Å². The molecule has 0 atom stereocenters.